The molecule has 0 aliphatic carbocycles. The number of benzene rings is 3. The Morgan fingerprint density at radius 2 is 1.53 bits per heavy atom. The third-order valence-electron chi connectivity index (χ3n) is 8.23. The normalized spacial score (nSPS) is 18.3. The first-order chi connectivity index (χ1) is 23.3. The molecule has 0 spiro atoms. The van der Waals surface area contributed by atoms with E-state index in [9.17, 15) is 9.59 Å². The Balaban J connectivity index is 1.47. The molecule has 0 aromatic heterocycles. The van der Waals surface area contributed by atoms with Crippen LogP contribution in [0, 0.1) is 0 Å². The maximum atomic E-state index is 14.8. The highest BCUT2D eigenvalue weighted by Gasteiger charge is 2.45. The van der Waals surface area contributed by atoms with Gasteiger partial charge in [-0.15, -0.1) is 0 Å². The number of ether oxygens (including phenoxy) is 3. The Morgan fingerprint density at radius 1 is 0.918 bits per heavy atom. The molecule has 1 saturated heterocycles. The lowest BCUT2D eigenvalue weighted by molar-refractivity contribution is 0.0518. The van der Waals surface area contributed by atoms with Gasteiger partial charge in [-0.3, -0.25) is 14.8 Å². The van der Waals surface area contributed by atoms with Gasteiger partial charge in [0.25, 0.3) is 0 Å². The van der Waals surface area contributed by atoms with Gasteiger partial charge in [-0.1, -0.05) is 47.5 Å². The van der Waals surface area contributed by atoms with E-state index in [1.165, 1.54) is 0 Å². The van der Waals surface area contributed by atoms with Crippen molar-refractivity contribution >= 4 is 41.2 Å². The van der Waals surface area contributed by atoms with E-state index >= 15 is 0 Å². The Labute approximate surface area is 298 Å². The number of nitrogens with zero attached hydrogens (tertiary/aromatic N) is 4. The third kappa shape index (κ3) is 9.17. The number of hydrogen-bond acceptors (Lipinski definition) is 7. The average Bonchev–Trinajstić information content (AvgIpc) is 3.44. The number of nitrogens with one attached hydrogen (secondary N) is 1. The first-order valence-corrected chi connectivity index (χ1v) is 17.3. The standard InChI is InChI=1S/C37H45Cl2N5O5/c1-24(2)48-31-23-29(47-6)15-16-30(31)34-41-32(25-7-11-27(38)12-8-25)33(26-9-13-28(39)14-10-26)44(34)36(46)43-21-19-42(20-22-43)18-17-40-35(45)49-37(3,4)5/h7-16,23-24,32-33H,17-22H2,1-6H3,(H,40,45)/t32-,33+/m0/s1. The van der Waals surface area contributed by atoms with Gasteiger partial charge in [-0.05, 0) is 82.1 Å². The molecule has 0 unspecified atom stereocenters. The lowest BCUT2D eigenvalue weighted by atomic mass is 9.93. The zero-order chi connectivity index (χ0) is 35.3. The van der Waals surface area contributed by atoms with Crippen LogP contribution in [-0.4, -0.2) is 90.7 Å². The van der Waals surface area contributed by atoms with E-state index < -0.39 is 23.8 Å². The van der Waals surface area contributed by atoms with Gasteiger partial charge in [0.15, 0.2) is 0 Å². The number of aliphatic imine (C=N–C) groups is 1. The van der Waals surface area contributed by atoms with Gasteiger partial charge in [-0.2, -0.15) is 0 Å². The molecular formula is C37H45Cl2N5O5. The summed E-state index contributed by atoms with van der Waals surface area (Å²) in [5.74, 6) is 1.71. The molecule has 2 atom stereocenters. The third-order valence-corrected chi connectivity index (χ3v) is 8.73. The molecule has 1 fully saturated rings. The van der Waals surface area contributed by atoms with Crippen molar-refractivity contribution in [2.24, 2.45) is 4.99 Å². The minimum Gasteiger partial charge on any atom is -0.497 e. The quantitative estimate of drug-likeness (QED) is 0.246. The van der Waals surface area contributed by atoms with Gasteiger partial charge in [0.1, 0.15) is 29.0 Å². The van der Waals surface area contributed by atoms with E-state index in [4.69, 9.17) is 42.4 Å². The van der Waals surface area contributed by atoms with Crippen molar-refractivity contribution in [1.29, 1.82) is 0 Å². The van der Waals surface area contributed by atoms with Crippen LogP contribution in [0.5, 0.6) is 11.5 Å². The maximum absolute atomic E-state index is 14.8. The molecule has 2 heterocycles. The highest BCUT2D eigenvalue weighted by atomic mass is 35.5. The number of carbonyl (C=O) groups excluding carboxylic acids is 2. The average molecular weight is 711 g/mol. The smallest absolute Gasteiger partial charge is 0.407 e. The molecule has 0 bridgehead atoms. The van der Waals surface area contributed by atoms with E-state index in [1.54, 1.807) is 12.0 Å². The van der Waals surface area contributed by atoms with E-state index in [0.29, 0.717) is 72.2 Å². The monoisotopic (exact) mass is 709 g/mol. The van der Waals surface area contributed by atoms with Gasteiger partial charge in [-0.25, -0.2) is 9.59 Å². The molecule has 2 aliphatic rings. The largest absolute Gasteiger partial charge is 0.497 e. The number of methoxy groups -OCH3 is 1. The minimum absolute atomic E-state index is 0.131. The van der Waals surface area contributed by atoms with E-state index in [1.807, 2.05) is 106 Å². The van der Waals surface area contributed by atoms with Gasteiger partial charge < -0.3 is 24.4 Å². The summed E-state index contributed by atoms with van der Waals surface area (Å²) in [6, 6.07) is 19.7. The Morgan fingerprint density at radius 3 is 2.10 bits per heavy atom. The summed E-state index contributed by atoms with van der Waals surface area (Å²) in [5, 5.41) is 4.04. The maximum Gasteiger partial charge on any atom is 0.407 e. The van der Waals surface area contributed by atoms with Crippen LogP contribution in [0.3, 0.4) is 0 Å². The number of rotatable bonds is 9. The molecule has 49 heavy (non-hydrogen) atoms. The molecular weight excluding hydrogens is 665 g/mol. The minimum atomic E-state index is -0.558. The number of carbonyl (C=O) groups is 2. The van der Waals surface area contributed by atoms with Crippen LogP contribution in [0.2, 0.25) is 10.0 Å². The van der Waals surface area contributed by atoms with Crippen LogP contribution in [0.15, 0.2) is 71.7 Å². The summed E-state index contributed by atoms with van der Waals surface area (Å²) in [6.45, 7) is 12.8. The highest BCUT2D eigenvalue weighted by molar-refractivity contribution is 6.30. The molecule has 12 heteroatoms. The van der Waals surface area contributed by atoms with Crippen molar-refractivity contribution in [3.63, 3.8) is 0 Å². The lowest BCUT2D eigenvalue weighted by Gasteiger charge is -2.39. The van der Waals surface area contributed by atoms with Crippen LogP contribution >= 0.6 is 23.2 Å². The van der Waals surface area contributed by atoms with Crippen LogP contribution in [0.25, 0.3) is 0 Å². The first-order valence-electron chi connectivity index (χ1n) is 16.5. The van der Waals surface area contributed by atoms with E-state index in [0.717, 1.165) is 11.1 Å². The second-order valence-electron chi connectivity index (χ2n) is 13.4. The fourth-order valence-corrected chi connectivity index (χ4v) is 6.22. The van der Waals surface area contributed by atoms with Crippen molar-refractivity contribution in [2.45, 2.75) is 58.4 Å². The van der Waals surface area contributed by atoms with Crippen molar-refractivity contribution < 1.29 is 23.8 Å². The number of amides is 3. The summed E-state index contributed by atoms with van der Waals surface area (Å²) in [5.41, 5.74) is 1.94. The SMILES string of the molecule is COc1ccc(C2=N[C@@H](c3ccc(Cl)cc3)[C@@H](c3ccc(Cl)cc3)N2C(=O)N2CCN(CCNC(=O)OC(C)(C)C)CC2)c(OC(C)C)c1. The molecule has 1 N–H and O–H groups in total. The number of urea groups is 1. The second-order valence-corrected chi connectivity index (χ2v) is 14.3. The zero-order valence-corrected chi connectivity index (χ0v) is 30.4. The Kier molecular flexibility index (Phi) is 11.6. The van der Waals surface area contributed by atoms with E-state index in [-0.39, 0.29) is 12.1 Å². The van der Waals surface area contributed by atoms with Gasteiger partial charge in [0.2, 0.25) is 0 Å². The number of halogens is 2. The van der Waals surface area contributed by atoms with Crippen LogP contribution in [0.1, 0.15) is 63.4 Å². The lowest BCUT2D eigenvalue weighted by Crippen LogP contribution is -2.55. The molecule has 3 aromatic rings. The number of hydrogen-bond donors (Lipinski definition) is 1. The molecule has 10 nitrogen and oxygen atoms in total. The molecule has 3 amide bonds. The van der Waals surface area contributed by atoms with Gasteiger partial charge >= 0.3 is 12.1 Å². The van der Waals surface area contributed by atoms with Crippen molar-refractivity contribution in [1.82, 2.24) is 20.0 Å². The van der Waals surface area contributed by atoms with Crippen LogP contribution in [0.4, 0.5) is 9.59 Å². The van der Waals surface area contributed by atoms with Gasteiger partial charge in [0.05, 0.1) is 24.8 Å². The number of amidine groups is 1. The molecule has 0 radical (unpaired) electrons. The highest BCUT2D eigenvalue weighted by Crippen LogP contribution is 2.46. The Hall–Kier alpha value is -3.99. The summed E-state index contributed by atoms with van der Waals surface area (Å²) in [4.78, 5) is 38.1. The number of piperazine rings is 1. The van der Waals surface area contributed by atoms with Crippen molar-refractivity contribution in [3.05, 3.63) is 93.5 Å². The zero-order valence-electron chi connectivity index (χ0n) is 28.9. The topological polar surface area (TPSA) is 95.9 Å². The summed E-state index contributed by atoms with van der Waals surface area (Å²) >= 11 is 12.6. The summed E-state index contributed by atoms with van der Waals surface area (Å²) in [7, 11) is 1.61. The van der Waals surface area contributed by atoms with Gasteiger partial charge in [0, 0.05) is 55.4 Å². The molecule has 3 aromatic carbocycles. The Bertz CT molecular complexity index is 1630. The summed E-state index contributed by atoms with van der Waals surface area (Å²) < 4.78 is 17.2. The second kappa shape index (κ2) is 15.7. The van der Waals surface area contributed by atoms with E-state index in [2.05, 4.69) is 10.2 Å². The summed E-state index contributed by atoms with van der Waals surface area (Å²) in [6.07, 6.45) is -0.570. The van der Waals surface area contributed by atoms with Crippen molar-refractivity contribution in [3.8, 4) is 11.5 Å². The molecule has 0 saturated carbocycles. The predicted octanol–water partition coefficient (Wildman–Crippen LogP) is 7.60. The van der Waals surface area contributed by atoms with Crippen LogP contribution < -0.4 is 14.8 Å². The molecule has 262 valence electrons. The molecule has 5 rings (SSSR count). The fraction of sp³-hybridized carbons (Fsp3) is 0.432. The predicted molar refractivity (Wildman–Crippen MR) is 193 cm³/mol. The first kappa shape index (κ1) is 36.3. The molecule has 2 aliphatic heterocycles. The fourth-order valence-electron chi connectivity index (χ4n) is 5.97. The van der Waals surface area contributed by atoms with Crippen molar-refractivity contribution in [2.75, 3.05) is 46.4 Å². The number of alkyl carbamates (subject to hydrolysis) is 1. The van der Waals surface area contributed by atoms with Crippen LogP contribution in [-0.2, 0) is 4.74 Å².